The van der Waals surface area contributed by atoms with E-state index in [1.54, 1.807) is 18.2 Å². The first-order chi connectivity index (χ1) is 16.5. The largest absolute Gasteiger partial charge is 0.454 e. The molecule has 0 unspecified atom stereocenters. The Balaban J connectivity index is 1.45. The summed E-state index contributed by atoms with van der Waals surface area (Å²) < 4.78 is 10.7. The van der Waals surface area contributed by atoms with Crippen molar-refractivity contribution in [3.8, 4) is 11.5 Å². The third kappa shape index (κ3) is 5.32. The number of hydrogen-bond acceptors (Lipinski definition) is 5. The molecule has 2 heterocycles. The third-order valence-corrected chi connectivity index (χ3v) is 6.52. The first kappa shape index (κ1) is 23.6. The molecule has 2 aliphatic heterocycles. The van der Waals surface area contributed by atoms with Gasteiger partial charge in [0.05, 0.1) is 0 Å². The first-order valence-electron chi connectivity index (χ1n) is 11.8. The van der Waals surface area contributed by atoms with Gasteiger partial charge in [-0.2, -0.15) is 0 Å². The van der Waals surface area contributed by atoms with Crippen LogP contribution in [0.15, 0.2) is 48.5 Å². The third-order valence-electron chi connectivity index (χ3n) is 6.52. The standard InChI is InChI=1S/C26H31N3O5/c1-3-17(2)27-25(31)23(28-24(30)20-9-10-21-22(15-20)34-16-33-21)18-11-13-29(14-12-18)26(32)19-7-5-4-6-8-19/h4-10,15,17-18,23H,3,11-14,16H2,1-2H3,(H,27,31)(H,28,30)/t17-,23-/m1/s1. The quantitative estimate of drug-likeness (QED) is 0.655. The molecule has 0 aromatic heterocycles. The van der Waals surface area contributed by atoms with Gasteiger partial charge in [-0.25, -0.2) is 0 Å². The van der Waals surface area contributed by atoms with Crippen molar-refractivity contribution >= 4 is 17.7 Å². The number of ether oxygens (including phenoxy) is 2. The second kappa shape index (κ2) is 10.6. The van der Waals surface area contributed by atoms with E-state index in [-0.39, 0.29) is 36.5 Å². The lowest BCUT2D eigenvalue weighted by Crippen LogP contribution is -2.55. The molecule has 0 aliphatic carbocycles. The van der Waals surface area contributed by atoms with Crippen LogP contribution >= 0.6 is 0 Å². The smallest absolute Gasteiger partial charge is 0.253 e. The molecule has 2 N–H and O–H groups in total. The molecule has 2 atom stereocenters. The van der Waals surface area contributed by atoms with Gasteiger partial charge in [0, 0.05) is 30.3 Å². The molecule has 0 radical (unpaired) electrons. The van der Waals surface area contributed by atoms with E-state index >= 15 is 0 Å². The topological polar surface area (TPSA) is 97.0 Å². The summed E-state index contributed by atoms with van der Waals surface area (Å²) >= 11 is 0. The van der Waals surface area contributed by atoms with Gasteiger partial charge >= 0.3 is 0 Å². The zero-order valence-corrected chi connectivity index (χ0v) is 19.6. The van der Waals surface area contributed by atoms with Crippen LogP contribution in [0, 0.1) is 5.92 Å². The Hall–Kier alpha value is -3.55. The highest BCUT2D eigenvalue weighted by atomic mass is 16.7. The molecule has 1 saturated heterocycles. The minimum atomic E-state index is -0.694. The normalized spacial score (nSPS) is 17.1. The van der Waals surface area contributed by atoms with Crippen LogP contribution in [-0.4, -0.2) is 54.6 Å². The van der Waals surface area contributed by atoms with Crippen LogP contribution in [-0.2, 0) is 4.79 Å². The van der Waals surface area contributed by atoms with Gasteiger partial charge in [0.25, 0.3) is 11.8 Å². The molecule has 2 aromatic rings. The molecule has 0 spiro atoms. The lowest BCUT2D eigenvalue weighted by atomic mass is 9.88. The number of piperidine rings is 1. The van der Waals surface area contributed by atoms with Crippen LogP contribution in [0.4, 0.5) is 0 Å². The number of rotatable bonds is 7. The molecule has 8 heteroatoms. The van der Waals surface area contributed by atoms with Gasteiger partial charge in [-0.05, 0) is 62.4 Å². The van der Waals surface area contributed by atoms with E-state index in [1.165, 1.54) is 0 Å². The van der Waals surface area contributed by atoms with Crippen molar-refractivity contribution in [2.45, 2.75) is 45.2 Å². The number of amides is 3. The van der Waals surface area contributed by atoms with Gasteiger partial charge in [0.2, 0.25) is 12.7 Å². The van der Waals surface area contributed by atoms with Gasteiger partial charge in [-0.3, -0.25) is 14.4 Å². The summed E-state index contributed by atoms with van der Waals surface area (Å²) in [6, 6.07) is 13.5. The summed E-state index contributed by atoms with van der Waals surface area (Å²) in [7, 11) is 0. The molecule has 4 rings (SSSR count). The van der Waals surface area contributed by atoms with E-state index in [2.05, 4.69) is 10.6 Å². The Morgan fingerprint density at radius 2 is 1.68 bits per heavy atom. The molecule has 2 aromatic carbocycles. The summed E-state index contributed by atoms with van der Waals surface area (Å²) in [5.41, 5.74) is 1.06. The fourth-order valence-corrected chi connectivity index (χ4v) is 4.29. The zero-order chi connectivity index (χ0) is 24.1. The molecular weight excluding hydrogens is 434 g/mol. The number of carbonyl (C=O) groups is 3. The van der Waals surface area contributed by atoms with Gasteiger partial charge in [-0.15, -0.1) is 0 Å². The van der Waals surface area contributed by atoms with Crippen LogP contribution in [0.25, 0.3) is 0 Å². The van der Waals surface area contributed by atoms with E-state index in [4.69, 9.17) is 9.47 Å². The number of hydrogen-bond donors (Lipinski definition) is 2. The van der Waals surface area contributed by atoms with Crippen molar-refractivity contribution in [3.05, 3.63) is 59.7 Å². The Morgan fingerprint density at radius 3 is 2.38 bits per heavy atom. The predicted octanol–water partition coefficient (Wildman–Crippen LogP) is 2.98. The summed E-state index contributed by atoms with van der Waals surface area (Å²) in [5.74, 6) is 0.478. The van der Waals surface area contributed by atoms with E-state index < -0.39 is 6.04 Å². The van der Waals surface area contributed by atoms with Crippen molar-refractivity contribution in [2.24, 2.45) is 5.92 Å². The SMILES string of the molecule is CC[C@@H](C)NC(=O)[C@H](NC(=O)c1ccc2c(c1)OCO2)C1CCN(C(=O)c2ccccc2)CC1. The maximum atomic E-state index is 13.2. The Morgan fingerprint density at radius 1 is 0.971 bits per heavy atom. The van der Waals surface area contributed by atoms with E-state index in [0.29, 0.717) is 48.6 Å². The van der Waals surface area contributed by atoms with Crippen LogP contribution < -0.4 is 20.1 Å². The fourth-order valence-electron chi connectivity index (χ4n) is 4.29. The van der Waals surface area contributed by atoms with E-state index in [1.807, 2.05) is 49.1 Å². The molecule has 3 amide bonds. The molecule has 2 aliphatic rings. The van der Waals surface area contributed by atoms with Crippen LogP contribution in [0.5, 0.6) is 11.5 Å². The minimum Gasteiger partial charge on any atom is -0.454 e. The van der Waals surface area contributed by atoms with Crippen molar-refractivity contribution in [2.75, 3.05) is 19.9 Å². The molecule has 1 fully saturated rings. The van der Waals surface area contributed by atoms with Crippen molar-refractivity contribution < 1.29 is 23.9 Å². The Bertz CT molecular complexity index is 1030. The number of nitrogens with zero attached hydrogens (tertiary/aromatic N) is 1. The Labute approximate surface area is 199 Å². The highest BCUT2D eigenvalue weighted by molar-refractivity contribution is 5.98. The summed E-state index contributed by atoms with van der Waals surface area (Å²) in [6.45, 7) is 5.13. The monoisotopic (exact) mass is 465 g/mol. The maximum Gasteiger partial charge on any atom is 0.253 e. The van der Waals surface area contributed by atoms with Crippen LogP contribution in [0.3, 0.4) is 0 Å². The first-order valence-corrected chi connectivity index (χ1v) is 11.8. The number of nitrogens with one attached hydrogen (secondary N) is 2. The molecule has 0 bridgehead atoms. The van der Waals surface area contributed by atoms with Gasteiger partial charge < -0.3 is 25.0 Å². The number of likely N-dealkylation sites (tertiary alicyclic amines) is 1. The molecule has 0 saturated carbocycles. The van der Waals surface area contributed by atoms with Crippen LogP contribution in [0.2, 0.25) is 0 Å². The Kier molecular flexibility index (Phi) is 7.35. The van der Waals surface area contributed by atoms with Crippen molar-refractivity contribution in [1.82, 2.24) is 15.5 Å². The van der Waals surface area contributed by atoms with Crippen molar-refractivity contribution in [1.29, 1.82) is 0 Å². The van der Waals surface area contributed by atoms with Gasteiger partial charge in [-0.1, -0.05) is 25.1 Å². The second-order valence-corrected chi connectivity index (χ2v) is 8.83. The van der Waals surface area contributed by atoms with Gasteiger partial charge in [0.1, 0.15) is 6.04 Å². The van der Waals surface area contributed by atoms with E-state index in [0.717, 1.165) is 6.42 Å². The summed E-state index contributed by atoms with van der Waals surface area (Å²) in [6.07, 6.45) is 2.04. The predicted molar refractivity (Wildman–Crippen MR) is 127 cm³/mol. The van der Waals surface area contributed by atoms with Crippen molar-refractivity contribution in [3.63, 3.8) is 0 Å². The highest BCUT2D eigenvalue weighted by Gasteiger charge is 2.34. The number of carbonyl (C=O) groups excluding carboxylic acids is 3. The summed E-state index contributed by atoms with van der Waals surface area (Å²) in [5, 5.41) is 5.95. The fraction of sp³-hybridized carbons (Fsp3) is 0.423. The number of fused-ring (bicyclic) bond motifs is 1. The lowest BCUT2D eigenvalue weighted by Gasteiger charge is -2.36. The highest BCUT2D eigenvalue weighted by Crippen LogP contribution is 2.32. The summed E-state index contributed by atoms with van der Waals surface area (Å²) in [4.78, 5) is 40.8. The van der Waals surface area contributed by atoms with E-state index in [9.17, 15) is 14.4 Å². The lowest BCUT2D eigenvalue weighted by molar-refractivity contribution is -0.125. The molecule has 180 valence electrons. The molecule has 8 nitrogen and oxygen atoms in total. The zero-order valence-electron chi connectivity index (χ0n) is 19.6. The van der Waals surface area contributed by atoms with Gasteiger partial charge in [0.15, 0.2) is 11.5 Å². The number of benzene rings is 2. The average molecular weight is 466 g/mol. The average Bonchev–Trinajstić information content (AvgIpc) is 3.35. The minimum absolute atomic E-state index is 0.00260. The van der Waals surface area contributed by atoms with Crippen LogP contribution in [0.1, 0.15) is 53.8 Å². The molecular formula is C26H31N3O5. The molecule has 34 heavy (non-hydrogen) atoms. The maximum absolute atomic E-state index is 13.2. The second-order valence-electron chi connectivity index (χ2n) is 8.83.